The van der Waals surface area contributed by atoms with Gasteiger partial charge in [-0.1, -0.05) is 29.3 Å². The normalized spacial score (nSPS) is 11.4. The summed E-state index contributed by atoms with van der Waals surface area (Å²) in [5.41, 5.74) is 1.23. The Morgan fingerprint density at radius 1 is 1.15 bits per heavy atom. The number of rotatable bonds is 3. The molecule has 0 radical (unpaired) electrons. The molecule has 0 aromatic heterocycles. The van der Waals surface area contributed by atoms with E-state index < -0.39 is 10.0 Å². The monoisotopic (exact) mass is 393 g/mol. The first kappa shape index (κ1) is 15.6. The van der Waals surface area contributed by atoms with Crippen LogP contribution in [0, 0.1) is 6.92 Å². The van der Waals surface area contributed by atoms with Gasteiger partial charge in [-0.25, -0.2) is 8.42 Å². The Labute approximate surface area is 136 Å². The summed E-state index contributed by atoms with van der Waals surface area (Å²) in [6.07, 6.45) is 0. The van der Waals surface area contributed by atoms with Crippen LogP contribution in [0.15, 0.2) is 45.8 Å². The first-order valence-electron chi connectivity index (χ1n) is 5.53. The van der Waals surface area contributed by atoms with Crippen molar-refractivity contribution in [1.82, 2.24) is 0 Å². The molecule has 0 aliphatic rings. The van der Waals surface area contributed by atoms with Gasteiger partial charge in [-0.3, -0.25) is 4.72 Å². The minimum Gasteiger partial charge on any atom is -0.278 e. The summed E-state index contributed by atoms with van der Waals surface area (Å²) >= 11 is 15.1. The topological polar surface area (TPSA) is 46.2 Å². The molecule has 2 rings (SSSR count). The smallest absolute Gasteiger partial charge is 0.261 e. The molecule has 0 saturated carbocycles. The average Bonchev–Trinajstić information content (AvgIpc) is 2.36. The van der Waals surface area contributed by atoms with Crippen LogP contribution in [0.2, 0.25) is 10.0 Å². The van der Waals surface area contributed by atoms with E-state index in [0.29, 0.717) is 20.2 Å². The number of nitrogens with one attached hydrogen (secondary N) is 1. The number of aryl methyl sites for hydroxylation is 1. The van der Waals surface area contributed by atoms with Gasteiger partial charge >= 0.3 is 0 Å². The summed E-state index contributed by atoms with van der Waals surface area (Å²) < 4.78 is 27.6. The van der Waals surface area contributed by atoms with Gasteiger partial charge in [0.05, 0.1) is 10.6 Å². The van der Waals surface area contributed by atoms with E-state index in [9.17, 15) is 8.42 Å². The SMILES string of the molecule is Cc1cc(Br)c(NS(=O)(=O)c2cccc(Cl)c2)cc1Cl. The summed E-state index contributed by atoms with van der Waals surface area (Å²) in [4.78, 5) is 0.0913. The van der Waals surface area contributed by atoms with E-state index in [0.717, 1.165) is 5.56 Å². The molecule has 0 aliphatic heterocycles. The van der Waals surface area contributed by atoms with Gasteiger partial charge in [0.15, 0.2) is 0 Å². The van der Waals surface area contributed by atoms with Gasteiger partial charge in [0.1, 0.15) is 0 Å². The third-order valence-electron chi connectivity index (χ3n) is 2.60. The van der Waals surface area contributed by atoms with Crippen LogP contribution in [0.1, 0.15) is 5.56 Å². The van der Waals surface area contributed by atoms with Gasteiger partial charge in [-0.05, 0) is 58.7 Å². The Balaban J connectivity index is 2.41. The van der Waals surface area contributed by atoms with Crippen molar-refractivity contribution in [2.45, 2.75) is 11.8 Å². The Kier molecular flexibility index (Phi) is 4.64. The van der Waals surface area contributed by atoms with Crippen molar-refractivity contribution >= 4 is 54.8 Å². The summed E-state index contributed by atoms with van der Waals surface area (Å²) in [5.74, 6) is 0. The Bertz CT molecular complexity index is 763. The molecule has 20 heavy (non-hydrogen) atoms. The average molecular weight is 395 g/mol. The largest absolute Gasteiger partial charge is 0.278 e. The van der Waals surface area contributed by atoms with E-state index in [1.807, 2.05) is 6.92 Å². The lowest BCUT2D eigenvalue weighted by molar-refractivity contribution is 0.601. The highest BCUT2D eigenvalue weighted by Gasteiger charge is 2.16. The Morgan fingerprint density at radius 2 is 1.85 bits per heavy atom. The second kappa shape index (κ2) is 5.93. The van der Waals surface area contributed by atoms with Crippen LogP contribution in [-0.2, 0) is 10.0 Å². The molecular formula is C13H10BrCl2NO2S. The molecule has 0 heterocycles. The molecule has 0 atom stereocenters. The molecule has 1 N–H and O–H groups in total. The maximum Gasteiger partial charge on any atom is 0.261 e. The second-order valence-electron chi connectivity index (χ2n) is 4.14. The molecule has 3 nitrogen and oxygen atoms in total. The van der Waals surface area contributed by atoms with Crippen LogP contribution in [0.3, 0.4) is 0 Å². The third-order valence-corrected chi connectivity index (χ3v) is 5.26. The van der Waals surface area contributed by atoms with E-state index in [1.54, 1.807) is 24.3 Å². The second-order valence-corrected chi connectivity index (χ2v) is 7.52. The maximum absolute atomic E-state index is 12.3. The number of halogens is 3. The fourth-order valence-corrected chi connectivity index (χ4v) is 3.79. The highest BCUT2D eigenvalue weighted by atomic mass is 79.9. The third kappa shape index (κ3) is 3.47. The lowest BCUT2D eigenvalue weighted by atomic mass is 10.2. The molecule has 0 saturated heterocycles. The van der Waals surface area contributed by atoms with Gasteiger partial charge in [0.2, 0.25) is 0 Å². The minimum absolute atomic E-state index is 0.0913. The Morgan fingerprint density at radius 3 is 2.50 bits per heavy atom. The van der Waals surface area contributed by atoms with Crippen LogP contribution in [0.25, 0.3) is 0 Å². The molecule has 0 spiro atoms. The van der Waals surface area contributed by atoms with E-state index in [2.05, 4.69) is 20.7 Å². The van der Waals surface area contributed by atoms with Gasteiger partial charge in [0, 0.05) is 14.5 Å². The zero-order chi connectivity index (χ0) is 14.9. The lowest BCUT2D eigenvalue weighted by Crippen LogP contribution is -2.13. The van der Waals surface area contributed by atoms with E-state index >= 15 is 0 Å². The van der Waals surface area contributed by atoms with Crippen molar-refractivity contribution in [1.29, 1.82) is 0 Å². The summed E-state index contributed by atoms with van der Waals surface area (Å²) in [7, 11) is -3.71. The molecule has 0 aliphatic carbocycles. The van der Waals surface area contributed by atoms with Gasteiger partial charge in [-0.2, -0.15) is 0 Å². The van der Waals surface area contributed by atoms with E-state index in [1.165, 1.54) is 12.1 Å². The van der Waals surface area contributed by atoms with Crippen LogP contribution in [0.5, 0.6) is 0 Å². The molecule has 106 valence electrons. The lowest BCUT2D eigenvalue weighted by Gasteiger charge is -2.11. The number of anilines is 1. The van der Waals surface area contributed by atoms with Crippen molar-refractivity contribution in [3.63, 3.8) is 0 Å². The standard InChI is InChI=1S/C13H10BrCl2NO2S/c1-8-5-11(14)13(7-12(8)16)17-20(18,19)10-4-2-3-9(15)6-10/h2-7,17H,1H3. The molecular weight excluding hydrogens is 385 g/mol. The first-order chi connectivity index (χ1) is 9.29. The van der Waals surface area contributed by atoms with Crippen molar-refractivity contribution in [3.8, 4) is 0 Å². The summed E-state index contributed by atoms with van der Waals surface area (Å²) in [6, 6.07) is 9.35. The van der Waals surface area contributed by atoms with Crippen molar-refractivity contribution in [2.24, 2.45) is 0 Å². The first-order valence-corrected chi connectivity index (χ1v) is 8.57. The molecule has 0 fully saturated rings. The molecule has 0 unspecified atom stereocenters. The number of hydrogen-bond donors (Lipinski definition) is 1. The summed E-state index contributed by atoms with van der Waals surface area (Å²) in [5, 5.41) is 0.839. The zero-order valence-corrected chi connectivity index (χ0v) is 14.2. The number of hydrogen-bond acceptors (Lipinski definition) is 2. The molecule has 2 aromatic carbocycles. The minimum atomic E-state index is -3.71. The molecule has 0 bridgehead atoms. The predicted molar refractivity (Wildman–Crippen MR) is 86.1 cm³/mol. The Hall–Kier alpha value is -0.750. The number of sulfonamides is 1. The van der Waals surface area contributed by atoms with Gasteiger partial charge < -0.3 is 0 Å². The molecule has 0 amide bonds. The van der Waals surface area contributed by atoms with E-state index in [-0.39, 0.29) is 4.90 Å². The maximum atomic E-state index is 12.3. The van der Waals surface area contributed by atoms with Gasteiger partial charge in [-0.15, -0.1) is 0 Å². The van der Waals surface area contributed by atoms with Crippen LogP contribution in [-0.4, -0.2) is 8.42 Å². The summed E-state index contributed by atoms with van der Waals surface area (Å²) in [6.45, 7) is 1.84. The quantitative estimate of drug-likeness (QED) is 0.807. The highest BCUT2D eigenvalue weighted by molar-refractivity contribution is 9.10. The van der Waals surface area contributed by atoms with Crippen molar-refractivity contribution < 1.29 is 8.42 Å². The predicted octanol–water partition coefficient (Wildman–Crippen LogP) is 4.87. The van der Waals surface area contributed by atoms with Crippen LogP contribution in [0.4, 0.5) is 5.69 Å². The fraction of sp³-hybridized carbons (Fsp3) is 0.0769. The van der Waals surface area contributed by atoms with Gasteiger partial charge in [0.25, 0.3) is 10.0 Å². The fourth-order valence-electron chi connectivity index (χ4n) is 1.56. The number of benzene rings is 2. The highest BCUT2D eigenvalue weighted by Crippen LogP contribution is 2.31. The molecule has 7 heteroatoms. The zero-order valence-electron chi connectivity index (χ0n) is 10.3. The van der Waals surface area contributed by atoms with Crippen molar-refractivity contribution in [3.05, 3.63) is 56.5 Å². The molecule has 2 aromatic rings. The van der Waals surface area contributed by atoms with Crippen LogP contribution >= 0.6 is 39.1 Å². The van der Waals surface area contributed by atoms with E-state index in [4.69, 9.17) is 23.2 Å². The van der Waals surface area contributed by atoms with Crippen molar-refractivity contribution in [2.75, 3.05) is 4.72 Å². The van der Waals surface area contributed by atoms with Crippen LogP contribution < -0.4 is 4.72 Å².